The maximum absolute atomic E-state index is 12.7. The Morgan fingerprint density at radius 2 is 1.81 bits per heavy atom. The van der Waals surface area contributed by atoms with Gasteiger partial charge in [-0.25, -0.2) is 0 Å². The number of Topliss-reactive ketones (excluding diaryl/α,β-unsaturated/α-hetero) is 1. The number of rotatable bonds is 3. The highest BCUT2D eigenvalue weighted by molar-refractivity contribution is 6.06. The number of hydrogen-bond donors (Lipinski definition) is 5. The lowest BCUT2D eigenvalue weighted by Crippen LogP contribution is -2.36. The molecule has 7 nitrogen and oxygen atoms in total. The minimum Gasteiger partial charge on any atom is -0.508 e. The third-order valence-corrected chi connectivity index (χ3v) is 4.44. The van der Waals surface area contributed by atoms with Gasteiger partial charge in [-0.15, -0.1) is 0 Å². The molecular formula is C20H20O7. The number of aromatic hydroxyl groups is 4. The van der Waals surface area contributed by atoms with Crippen LogP contribution in [-0.4, -0.2) is 37.4 Å². The van der Waals surface area contributed by atoms with Crippen molar-refractivity contribution in [3.63, 3.8) is 0 Å². The van der Waals surface area contributed by atoms with E-state index in [-0.39, 0.29) is 46.1 Å². The molecule has 0 aromatic heterocycles. The molecule has 1 heterocycles. The van der Waals surface area contributed by atoms with Gasteiger partial charge in [0.2, 0.25) is 5.78 Å². The third kappa shape index (κ3) is 3.29. The van der Waals surface area contributed by atoms with Crippen LogP contribution in [0.15, 0.2) is 35.9 Å². The van der Waals surface area contributed by atoms with Gasteiger partial charge in [0.15, 0.2) is 12.2 Å². The first-order chi connectivity index (χ1) is 12.7. The summed E-state index contributed by atoms with van der Waals surface area (Å²) in [6, 6.07) is 4.86. The lowest BCUT2D eigenvalue weighted by atomic mass is 9.90. The molecule has 7 heteroatoms. The van der Waals surface area contributed by atoms with Crippen LogP contribution in [0.3, 0.4) is 0 Å². The van der Waals surface area contributed by atoms with Crippen LogP contribution in [0.5, 0.6) is 28.7 Å². The summed E-state index contributed by atoms with van der Waals surface area (Å²) in [6.45, 7) is 3.72. The number of ketones is 1. The van der Waals surface area contributed by atoms with Gasteiger partial charge in [-0.1, -0.05) is 11.6 Å². The number of aliphatic hydroxyl groups excluding tert-OH is 1. The van der Waals surface area contributed by atoms with Crippen LogP contribution < -0.4 is 4.74 Å². The lowest BCUT2D eigenvalue weighted by Gasteiger charge is -2.31. The fourth-order valence-electron chi connectivity index (χ4n) is 3.00. The van der Waals surface area contributed by atoms with Crippen molar-refractivity contribution in [2.75, 3.05) is 0 Å². The molecule has 0 fully saturated rings. The molecule has 0 saturated carbocycles. The number of aliphatic hydroxyl groups is 1. The van der Waals surface area contributed by atoms with Crippen LogP contribution in [0, 0.1) is 0 Å². The first-order valence-corrected chi connectivity index (χ1v) is 8.32. The summed E-state index contributed by atoms with van der Waals surface area (Å²) in [4.78, 5) is 12.7. The number of phenols is 4. The van der Waals surface area contributed by atoms with Gasteiger partial charge in [0.1, 0.15) is 34.3 Å². The number of carbonyl (C=O) groups is 1. The molecule has 0 unspecified atom stereocenters. The van der Waals surface area contributed by atoms with Crippen molar-refractivity contribution in [3.8, 4) is 28.7 Å². The van der Waals surface area contributed by atoms with Crippen molar-refractivity contribution in [1.82, 2.24) is 0 Å². The normalized spacial score (nSPS) is 18.6. The molecule has 0 saturated heterocycles. The molecule has 1 aliphatic rings. The largest absolute Gasteiger partial charge is 0.508 e. The predicted molar refractivity (Wildman–Crippen MR) is 96.4 cm³/mol. The molecule has 0 spiro atoms. The molecule has 0 amide bonds. The Morgan fingerprint density at radius 3 is 2.44 bits per heavy atom. The maximum Gasteiger partial charge on any atom is 0.202 e. The SMILES string of the molecule is CC(C)=CCc1c(O)cc2c(c1O)C(=O)[C@H](O)[C@H](c1ccc(O)cc1O)O2. The average Bonchev–Trinajstić information content (AvgIpc) is 2.57. The molecule has 1 aliphatic heterocycles. The van der Waals surface area contributed by atoms with Gasteiger partial charge in [0.05, 0.1) is 0 Å². The Hall–Kier alpha value is -3.19. The Morgan fingerprint density at radius 1 is 1.11 bits per heavy atom. The van der Waals surface area contributed by atoms with Crippen LogP contribution >= 0.6 is 0 Å². The Balaban J connectivity index is 2.08. The highest BCUT2D eigenvalue weighted by Gasteiger charge is 2.41. The average molecular weight is 372 g/mol. The van der Waals surface area contributed by atoms with Crippen LogP contribution in [0.25, 0.3) is 0 Å². The molecule has 5 N–H and O–H groups in total. The minimum atomic E-state index is -1.68. The van der Waals surface area contributed by atoms with E-state index in [1.54, 1.807) is 6.08 Å². The van der Waals surface area contributed by atoms with E-state index in [0.717, 1.165) is 11.6 Å². The lowest BCUT2D eigenvalue weighted by molar-refractivity contribution is 0.0202. The predicted octanol–water partition coefficient (Wildman–Crippen LogP) is 2.70. The highest BCUT2D eigenvalue weighted by atomic mass is 16.5. The van der Waals surface area contributed by atoms with Gasteiger partial charge in [0, 0.05) is 23.3 Å². The molecule has 2 aromatic rings. The summed E-state index contributed by atoms with van der Waals surface area (Å²) in [5.41, 5.74) is 1.00. The summed E-state index contributed by atoms with van der Waals surface area (Å²) in [7, 11) is 0. The molecule has 0 aliphatic carbocycles. The molecule has 0 radical (unpaired) electrons. The standard InChI is InChI=1S/C20H20O7/c1-9(2)3-5-11-14(23)8-15-16(17(11)24)18(25)19(26)20(27-15)12-6-4-10(21)7-13(12)22/h3-4,6-8,19-24,26H,5H2,1-2H3/t19-,20-/m0/s1. The first-order valence-electron chi connectivity index (χ1n) is 8.32. The summed E-state index contributed by atoms with van der Waals surface area (Å²) < 4.78 is 5.62. The zero-order valence-electron chi connectivity index (χ0n) is 14.8. The van der Waals surface area contributed by atoms with Crippen molar-refractivity contribution in [2.45, 2.75) is 32.5 Å². The smallest absolute Gasteiger partial charge is 0.202 e. The van der Waals surface area contributed by atoms with E-state index < -0.39 is 23.7 Å². The van der Waals surface area contributed by atoms with Crippen LogP contribution in [-0.2, 0) is 6.42 Å². The van der Waals surface area contributed by atoms with Crippen molar-refractivity contribution in [2.24, 2.45) is 0 Å². The van der Waals surface area contributed by atoms with Gasteiger partial charge in [-0.05, 0) is 32.4 Å². The van der Waals surface area contributed by atoms with E-state index >= 15 is 0 Å². The van der Waals surface area contributed by atoms with Gasteiger partial charge < -0.3 is 30.3 Å². The number of benzene rings is 2. The summed E-state index contributed by atoms with van der Waals surface area (Å²) in [5.74, 6) is -2.12. The number of fused-ring (bicyclic) bond motifs is 1. The number of phenolic OH excluding ortho intramolecular Hbond substituents is 4. The van der Waals surface area contributed by atoms with Gasteiger partial charge in [-0.2, -0.15) is 0 Å². The Bertz CT molecular complexity index is 942. The third-order valence-electron chi connectivity index (χ3n) is 4.44. The second kappa shape index (κ2) is 6.85. The monoisotopic (exact) mass is 372 g/mol. The topological polar surface area (TPSA) is 127 Å². The summed E-state index contributed by atoms with van der Waals surface area (Å²) in [5, 5.41) is 50.5. The van der Waals surface area contributed by atoms with E-state index in [4.69, 9.17) is 4.74 Å². The van der Waals surface area contributed by atoms with E-state index in [0.29, 0.717) is 0 Å². The van der Waals surface area contributed by atoms with E-state index in [1.807, 2.05) is 13.8 Å². The number of ether oxygens (including phenoxy) is 1. The van der Waals surface area contributed by atoms with Gasteiger partial charge in [0.25, 0.3) is 0 Å². The van der Waals surface area contributed by atoms with Crippen molar-refractivity contribution >= 4 is 5.78 Å². The van der Waals surface area contributed by atoms with Crippen molar-refractivity contribution in [3.05, 3.63) is 52.6 Å². The number of hydrogen-bond acceptors (Lipinski definition) is 7. The first kappa shape index (κ1) is 18.6. The molecule has 2 atom stereocenters. The van der Waals surface area contributed by atoms with Crippen LogP contribution in [0.1, 0.15) is 41.4 Å². The van der Waals surface area contributed by atoms with Crippen molar-refractivity contribution < 1.29 is 35.1 Å². The summed E-state index contributed by atoms with van der Waals surface area (Å²) in [6.07, 6.45) is -0.949. The summed E-state index contributed by atoms with van der Waals surface area (Å²) >= 11 is 0. The van der Waals surface area contributed by atoms with Gasteiger partial charge in [-0.3, -0.25) is 4.79 Å². The fraction of sp³-hybridized carbons (Fsp3) is 0.250. The van der Waals surface area contributed by atoms with E-state index in [1.165, 1.54) is 18.2 Å². The van der Waals surface area contributed by atoms with Gasteiger partial charge >= 0.3 is 0 Å². The fourth-order valence-corrected chi connectivity index (χ4v) is 3.00. The molecule has 0 bridgehead atoms. The molecule has 2 aromatic carbocycles. The second-order valence-corrected chi connectivity index (χ2v) is 6.67. The molecule has 142 valence electrons. The van der Waals surface area contributed by atoms with Crippen LogP contribution in [0.2, 0.25) is 0 Å². The van der Waals surface area contributed by atoms with Crippen molar-refractivity contribution in [1.29, 1.82) is 0 Å². The zero-order chi connectivity index (χ0) is 19.9. The number of allylic oxidation sites excluding steroid dienone is 2. The van der Waals surface area contributed by atoms with E-state index in [9.17, 15) is 30.3 Å². The molecular weight excluding hydrogens is 352 g/mol. The Labute approximate surface area is 155 Å². The second-order valence-electron chi connectivity index (χ2n) is 6.67. The molecule has 27 heavy (non-hydrogen) atoms. The Kier molecular flexibility index (Phi) is 4.72. The van der Waals surface area contributed by atoms with E-state index in [2.05, 4.69) is 0 Å². The zero-order valence-corrected chi connectivity index (χ0v) is 14.8. The quantitative estimate of drug-likeness (QED) is 0.524. The van der Waals surface area contributed by atoms with Crippen LogP contribution in [0.4, 0.5) is 0 Å². The minimum absolute atomic E-state index is 0.0897. The highest BCUT2D eigenvalue weighted by Crippen LogP contribution is 2.46. The maximum atomic E-state index is 12.7. The number of carbonyl (C=O) groups excluding carboxylic acids is 1. The molecule has 3 rings (SSSR count).